The van der Waals surface area contributed by atoms with E-state index in [1.165, 1.54) is 0 Å². The summed E-state index contributed by atoms with van der Waals surface area (Å²) in [5.74, 6) is -0.188. The van der Waals surface area contributed by atoms with Crippen molar-refractivity contribution in [2.45, 2.75) is 4.90 Å². The van der Waals surface area contributed by atoms with Crippen LogP contribution in [0.25, 0.3) is 10.8 Å². The quantitative estimate of drug-likeness (QED) is 0.743. The van der Waals surface area contributed by atoms with E-state index in [2.05, 4.69) is 10.2 Å². The Balaban J connectivity index is 1.48. The summed E-state index contributed by atoms with van der Waals surface area (Å²) in [5.41, 5.74) is 2.30. The fourth-order valence-corrected chi connectivity index (χ4v) is 5.66. The SMILES string of the molecule is O=C1Nc2ccc(S(=O)(=O)N3CCN(c4ccccc4)CC3)c3cccc1c23. The average molecular weight is 393 g/mol. The van der Waals surface area contributed by atoms with Crippen LogP contribution in [0.1, 0.15) is 10.4 Å². The Kier molecular flexibility index (Phi) is 3.89. The third kappa shape index (κ3) is 2.58. The molecule has 2 aliphatic rings. The van der Waals surface area contributed by atoms with Crippen LogP contribution in [0.5, 0.6) is 0 Å². The number of nitrogens with zero attached hydrogens (tertiary/aromatic N) is 2. The molecule has 0 unspecified atom stereocenters. The van der Waals surface area contributed by atoms with Crippen LogP contribution >= 0.6 is 0 Å². The monoisotopic (exact) mass is 393 g/mol. The Morgan fingerprint density at radius 3 is 2.32 bits per heavy atom. The van der Waals surface area contributed by atoms with Gasteiger partial charge < -0.3 is 10.2 Å². The van der Waals surface area contributed by atoms with Crippen molar-refractivity contribution in [2.75, 3.05) is 36.4 Å². The fourth-order valence-electron chi connectivity index (χ4n) is 4.05. The third-order valence-corrected chi connectivity index (χ3v) is 7.43. The molecule has 0 atom stereocenters. The summed E-state index contributed by atoms with van der Waals surface area (Å²) in [6.07, 6.45) is 0. The molecule has 5 rings (SSSR count). The first-order valence-corrected chi connectivity index (χ1v) is 10.7. The molecule has 0 aromatic heterocycles. The molecule has 28 heavy (non-hydrogen) atoms. The van der Waals surface area contributed by atoms with Crippen molar-refractivity contribution in [1.29, 1.82) is 0 Å². The van der Waals surface area contributed by atoms with Crippen LogP contribution in [-0.4, -0.2) is 44.8 Å². The van der Waals surface area contributed by atoms with Gasteiger partial charge in [0.2, 0.25) is 10.0 Å². The number of anilines is 2. The predicted molar refractivity (Wildman–Crippen MR) is 109 cm³/mol. The van der Waals surface area contributed by atoms with Crippen LogP contribution in [0.3, 0.4) is 0 Å². The van der Waals surface area contributed by atoms with E-state index < -0.39 is 10.0 Å². The maximum atomic E-state index is 13.4. The zero-order valence-corrected chi connectivity index (χ0v) is 15.9. The highest BCUT2D eigenvalue weighted by Gasteiger charge is 2.32. The van der Waals surface area contributed by atoms with Crippen LogP contribution < -0.4 is 10.2 Å². The van der Waals surface area contributed by atoms with Gasteiger partial charge in [-0.3, -0.25) is 4.79 Å². The number of hydrogen-bond donors (Lipinski definition) is 1. The number of nitrogens with one attached hydrogen (secondary N) is 1. The standard InChI is InChI=1S/C21H19N3O3S/c25-21-17-8-4-7-16-19(10-9-18(22-21)20(16)17)28(26,27)24-13-11-23(12-14-24)15-5-2-1-3-6-15/h1-10H,11-14H2,(H,22,25). The van der Waals surface area contributed by atoms with Crippen LogP contribution in [0.2, 0.25) is 0 Å². The Bertz CT molecular complexity index is 1180. The minimum atomic E-state index is -3.65. The summed E-state index contributed by atoms with van der Waals surface area (Å²) in [6.45, 7) is 2.14. The summed E-state index contributed by atoms with van der Waals surface area (Å²) in [5, 5.41) is 4.09. The number of sulfonamides is 1. The minimum Gasteiger partial charge on any atom is -0.369 e. The minimum absolute atomic E-state index is 0.188. The largest absolute Gasteiger partial charge is 0.369 e. The van der Waals surface area contributed by atoms with Crippen molar-refractivity contribution in [2.24, 2.45) is 0 Å². The molecule has 0 aliphatic carbocycles. The first-order valence-electron chi connectivity index (χ1n) is 9.23. The molecule has 1 fully saturated rings. The van der Waals surface area contributed by atoms with Gasteiger partial charge in [-0.05, 0) is 30.3 Å². The molecule has 6 nitrogen and oxygen atoms in total. The van der Waals surface area contributed by atoms with Gasteiger partial charge in [0, 0.05) is 53.9 Å². The molecule has 1 amide bonds. The maximum absolute atomic E-state index is 13.4. The molecule has 0 spiro atoms. The number of carbonyl (C=O) groups is 1. The molecule has 142 valence electrons. The molecule has 0 saturated carbocycles. The number of hydrogen-bond acceptors (Lipinski definition) is 4. The Morgan fingerprint density at radius 1 is 0.821 bits per heavy atom. The molecule has 0 bridgehead atoms. The van der Waals surface area contributed by atoms with Crippen molar-refractivity contribution in [3.8, 4) is 0 Å². The van der Waals surface area contributed by atoms with Crippen molar-refractivity contribution in [3.63, 3.8) is 0 Å². The lowest BCUT2D eigenvalue weighted by atomic mass is 10.1. The van der Waals surface area contributed by atoms with Crippen molar-refractivity contribution < 1.29 is 13.2 Å². The summed E-state index contributed by atoms with van der Waals surface area (Å²) >= 11 is 0. The molecule has 1 saturated heterocycles. The van der Waals surface area contributed by atoms with E-state index in [-0.39, 0.29) is 10.8 Å². The number of rotatable bonds is 3. The highest BCUT2D eigenvalue weighted by molar-refractivity contribution is 7.89. The molecule has 3 aromatic carbocycles. The molecular weight excluding hydrogens is 374 g/mol. The van der Waals surface area contributed by atoms with E-state index in [1.54, 1.807) is 34.6 Å². The van der Waals surface area contributed by atoms with E-state index in [9.17, 15) is 13.2 Å². The first kappa shape index (κ1) is 17.2. The lowest BCUT2D eigenvalue weighted by Crippen LogP contribution is -2.48. The molecule has 0 radical (unpaired) electrons. The van der Waals surface area contributed by atoms with E-state index in [0.29, 0.717) is 48.2 Å². The van der Waals surface area contributed by atoms with Gasteiger partial charge in [-0.2, -0.15) is 4.31 Å². The van der Waals surface area contributed by atoms with Gasteiger partial charge in [0.25, 0.3) is 5.91 Å². The molecule has 2 aliphatic heterocycles. The van der Waals surface area contributed by atoms with Gasteiger partial charge in [0.15, 0.2) is 0 Å². The summed E-state index contributed by atoms with van der Waals surface area (Å²) < 4.78 is 28.3. The zero-order valence-electron chi connectivity index (χ0n) is 15.1. The van der Waals surface area contributed by atoms with Crippen LogP contribution in [-0.2, 0) is 10.0 Å². The third-order valence-electron chi connectivity index (χ3n) is 5.47. The topological polar surface area (TPSA) is 69.7 Å². The Morgan fingerprint density at radius 2 is 1.57 bits per heavy atom. The van der Waals surface area contributed by atoms with E-state index in [0.717, 1.165) is 5.69 Å². The molecule has 3 aromatic rings. The van der Waals surface area contributed by atoms with Gasteiger partial charge in [0.1, 0.15) is 0 Å². The number of benzene rings is 3. The van der Waals surface area contributed by atoms with Gasteiger partial charge >= 0.3 is 0 Å². The number of amides is 1. The average Bonchev–Trinajstić information content (AvgIpc) is 3.06. The smallest absolute Gasteiger partial charge is 0.256 e. The van der Waals surface area contributed by atoms with Crippen molar-refractivity contribution >= 4 is 38.1 Å². The lowest BCUT2D eigenvalue weighted by molar-refractivity contribution is 0.103. The van der Waals surface area contributed by atoms with Crippen LogP contribution in [0, 0.1) is 0 Å². The predicted octanol–water partition coefficient (Wildman–Crippen LogP) is 2.92. The summed E-state index contributed by atoms with van der Waals surface area (Å²) in [4.78, 5) is 14.6. The summed E-state index contributed by atoms with van der Waals surface area (Å²) in [6, 6.07) is 18.5. The number of para-hydroxylation sites is 1. The van der Waals surface area contributed by atoms with E-state index in [1.807, 2.05) is 30.3 Å². The number of carbonyl (C=O) groups excluding carboxylic acids is 1. The van der Waals surface area contributed by atoms with E-state index >= 15 is 0 Å². The van der Waals surface area contributed by atoms with Crippen LogP contribution in [0.4, 0.5) is 11.4 Å². The van der Waals surface area contributed by atoms with Gasteiger partial charge in [0.05, 0.1) is 4.90 Å². The fraction of sp³-hybridized carbons (Fsp3) is 0.190. The van der Waals surface area contributed by atoms with Crippen molar-refractivity contribution in [3.05, 3.63) is 66.2 Å². The van der Waals surface area contributed by atoms with Crippen molar-refractivity contribution in [1.82, 2.24) is 4.31 Å². The molecule has 7 heteroatoms. The van der Waals surface area contributed by atoms with Gasteiger partial charge in [-0.15, -0.1) is 0 Å². The Hall–Kier alpha value is -2.90. The second-order valence-corrected chi connectivity index (χ2v) is 8.93. The highest BCUT2D eigenvalue weighted by atomic mass is 32.2. The van der Waals surface area contributed by atoms with E-state index in [4.69, 9.17) is 0 Å². The molecular formula is C21H19N3O3S. The van der Waals surface area contributed by atoms with Gasteiger partial charge in [-0.1, -0.05) is 30.3 Å². The maximum Gasteiger partial charge on any atom is 0.256 e. The second-order valence-electron chi connectivity index (χ2n) is 7.02. The second kappa shape index (κ2) is 6.32. The highest BCUT2D eigenvalue weighted by Crippen LogP contribution is 2.37. The summed E-state index contributed by atoms with van der Waals surface area (Å²) in [7, 11) is -3.65. The van der Waals surface area contributed by atoms with Crippen LogP contribution in [0.15, 0.2) is 65.6 Å². The lowest BCUT2D eigenvalue weighted by Gasteiger charge is -2.35. The molecule has 2 heterocycles. The Labute approximate surface area is 163 Å². The van der Waals surface area contributed by atoms with Gasteiger partial charge in [-0.25, -0.2) is 8.42 Å². The zero-order chi connectivity index (χ0) is 19.3. The molecule has 1 N–H and O–H groups in total. The first-order chi connectivity index (χ1) is 13.6. The number of piperazine rings is 1. The normalized spacial score (nSPS) is 17.1.